The Morgan fingerprint density at radius 3 is 2.95 bits per heavy atom. The molecule has 19 heavy (non-hydrogen) atoms. The Balaban J connectivity index is 1.97. The Morgan fingerprint density at radius 2 is 2.32 bits per heavy atom. The molecule has 5 heteroatoms. The maximum absolute atomic E-state index is 6.21. The average molecular weight is 299 g/mol. The van der Waals surface area contributed by atoms with Crippen LogP contribution in [0.5, 0.6) is 5.75 Å². The lowest BCUT2D eigenvalue weighted by Crippen LogP contribution is -2.20. The summed E-state index contributed by atoms with van der Waals surface area (Å²) in [5.41, 5.74) is 0.975. The lowest BCUT2D eigenvalue weighted by molar-refractivity contribution is 0.409. The van der Waals surface area contributed by atoms with Gasteiger partial charge in [-0.2, -0.15) is 0 Å². The highest BCUT2D eigenvalue weighted by Gasteiger charge is 2.22. The monoisotopic (exact) mass is 298 g/mol. The summed E-state index contributed by atoms with van der Waals surface area (Å²) in [5, 5.41) is 5.65. The van der Waals surface area contributed by atoms with Crippen molar-refractivity contribution in [2.75, 3.05) is 13.7 Å². The fraction of sp³-hybridized carbons (Fsp3) is 0.500. The predicted molar refractivity (Wildman–Crippen MR) is 83.4 cm³/mol. The molecule has 3 nitrogen and oxygen atoms in total. The van der Waals surface area contributed by atoms with Crippen LogP contribution in [0.25, 0.3) is 0 Å². The molecule has 1 atom stereocenters. The van der Waals surface area contributed by atoms with Gasteiger partial charge in [0, 0.05) is 22.4 Å². The van der Waals surface area contributed by atoms with Crippen molar-refractivity contribution in [2.45, 2.75) is 25.6 Å². The highest BCUT2D eigenvalue weighted by atomic mass is 35.5. The van der Waals surface area contributed by atoms with E-state index in [1.54, 1.807) is 7.11 Å². The topological polar surface area (TPSA) is 33.6 Å². The molecule has 0 radical (unpaired) electrons. The molecule has 0 saturated carbocycles. The van der Waals surface area contributed by atoms with E-state index >= 15 is 0 Å². The standard InChI is InChI=1S/C14H19ClN2OS/c1-9(2)13-8-17-14(19-13)16-7-10-11(15)5-4-6-12(10)18-3/h4-6,9,13H,7-8H2,1-3H3,(H,16,17). The van der Waals surface area contributed by atoms with Gasteiger partial charge in [0.2, 0.25) is 0 Å². The molecule has 0 fully saturated rings. The smallest absolute Gasteiger partial charge is 0.157 e. The zero-order valence-electron chi connectivity index (χ0n) is 11.4. The normalized spacial score (nSPS) is 18.6. The molecule has 0 amide bonds. The second kappa shape index (κ2) is 6.53. The van der Waals surface area contributed by atoms with Gasteiger partial charge in [-0.3, -0.25) is 4.99 Å². The predicted octanol–water partition coefficient (Wildman–Crippen LogP) is 3.57. The van der Waals surface area contributed by atoms with E-state index in [4.69, 9.17) is 16.3 Å². The van der Waals surface area contributed by atoms with Crippen LogP contribution in [0.3, 0.4) is 0 Å². The zero-order chi connectivity index (χ0) is 13.8. The van der Waals surface area contributed by atoms with Crippen LogP contribution in [-0.4, -0.2) is 24.1 Å². The van der Waals surface area contributed by atoms with Crippen molar-refractivity contribution in [3.05, 3.63) is 28.8 Å². The minimum absolute atomic E-state index is 0.579. The zero-order valence-corrected chi connectivity index (χ0v) is 13.0. The van der Waals surface area contributed by atoms with Crippen LogP contribution in [0.4, 0.5) is 0 Å². The van der Waals surface area contributed by atoms with Gasteiger partial charge in [-0.15, -0.1) is 0 Å². The molecule has 1 aromatic carbocycles. The quantitative estimate of drug-likeness (QED) is 0.922. The molecular formula is C14H19ClN2OS. The van der Waals surface area contributed by atoms with Gasteiger partial charge >= 0.3 is 0 Å². The van der Waals surface area contributed by atoms with E-state index in [0.717, 1.165) is 28.0 Å². The first-order valence-corrected chi connectivity index (χ1v) is 7.64. The van der Waals surface area contributed by atoms with E-state index in [9.17, 15) is 0 Å². The Morgan fingerprint density at radius 1 is 1.53 bits per heavy atom. The van der Waals surface area contributed by atoms with E-state index in [1.165, 1.54) is 0 Å². The average Bonchev–Trinajstić information content (AvgIpc) is 2.86. The molecule has 104 valence electrons. The van der Waals surface area contributed by atoms with Crippen LogP contribution >= 0.6 is 23.4 Å². The fourth-order valence-electron chi connectivity index (χ4n) is 1.90. The molecule has 2 rings (SSSR count). The molecule has 0 aliphatic carbocycles. The lowest BCUT2D eigenvalue weighted by Gasteiger charge is -2.14. The summed E-state index contributed by atoms with van der Waals surface area (Å²) in [6, 6.07) is 5.69. The number of benzene rings is 1. The van der Waals surface area contributed by atoms with Crippen LogP contribution in [-0.2, 0) is 6.54 Å². The maximum Gasteiger partial charge on any atom is 0.157 e. The van der Waals surface area contributed by atoms with E-state index in [2.05, 4.69) is 24.2 Å². The van der Waals surface area contributed by atoms with Crippen molar-refractivity contribution in [1.29, 1.82) is 0 Å². The van der Waals surface area contributed by atoms with Crippen molar-refractivity contribution in [3.63, 3.8) is 0 Å². The lowest BCUT2D eigenvalue weighted by atomic mass is 10.1. The van der Waals surface area contributed by atoms with Crippen molar-refractivity contribution >= 4 is 28.5 Å². The van der Waals surface area contributed by atoms with Crippen molar-refractivity contribution in [2.24, 2.45) is 10.9 Å². The summed E-state index contributed by atoms with van der Waals surface area (Å²) in [4.78, 5) is 4.52. The number of nitrogens with zero attached hydrogens (tertiary/aromatic N) is 1. The SMILES string of the molecule is COc1cccc(Cl)c1CNC1=NCC(C(C)C)S1. The molecule has 1 aromatic rings. The fourth-order valence-corrected chi connectivity index (χ4v) is 3.15. The molecule has 1 heterocycles. The van der Waals surface area contributed by atoms with Crippen LogP contribution < -0.4 is 10.1 Å². The summed E-state index contributed by atoms with van der Waals surface area (Å²) in [6.07, 6.45) is 0. The second-order valence-corrected chi connectivity index (χ2v) is 6.46. The molecule has 0 bridgehead atoms. The number of hydrogen-bond acceptors (Lipinski definition) is 4. The number of rotatable bonds is 4. The summed E-state index contributed by atoms with van der Waals surface area (Å²) in [7, 11) is 1.66. The number of thioether (sulfide) groups is 1. The van der Waals surface area contributed by atoms with Gasteiger partial charge in [0.05, 0.1) is 13.7 Å². The van der Waals surface area contributed by atoms with Crippen LogP contribution in [0, 0.1) is 5.92 Å². The van der Waals surface area contributed by atoms with Crippen LogP contribution in [0.1, 0.15) is 19.4 Å². The Bertz CT molecular complexity index is 477. The summed E-state index contributed by atoms with van der Waals surface area (Å²) < 4.78 is 5.33. The third kappa shape index (κ3) is 3.57. The number of aliphatic imine (C=N–C) groups is 1. The van der Waals surface area contributed by atoms with Crippen molar-refractivity contribution in [3.8, 4) is 5.75 Å². The van der Waals surface area contributed by atoms with Gasteiger partial charge in [-0.1, -0.05) is 43.3 Å². The van der Waals surface area contributed by atoms with Gasteiger partial charge in [-0.25, -0.2) is 0 Å². The summed E-state index contributed by atoms with van der Waals surface area (Å²) in [5.74, 6) is 1.45. The number of amidine groups is 1. The molecule has 1 aliphatic heterocycles. The number of hydrogen-bond donors (Lipinski definition) is 1. The van der Waals surface area contributed by atoms with Gasteiger partial charge in [0.15, 0.2) is 5.17 Å². The molecule has 0 aromatic heterocycles. The van der Waals surface area contributed by atoms with Crippen LogP contribution in [0.15, 0.2) is 23.2 Å². The Kier molecular flexibility index (Phi) is 4.99. The maximum atomic E-state index is 6.21. The molecule has 1 unspecified atom stereocenters. The highest BCUT2D eigenvalue weighted by Crippen LogP contribution is 2.28. The second-order valence-electron chi connectivity index (χ2n) is 4.82. The number of nitrogens with one attached hydrogen (secondary N) is 1. The molecule has 0 saturated heterocycles. The summed E-state index contributed by atoms with van der Waals surface area (Å²) >= 11 is 8.02. The summed E-state index contributed by atoms with van der Waals surface area (Å²) in [6.45, 7) is 5.99. The van der Waals surface area contributed by atoms with E-state index in [0.29, 0.717) is 17.7 Å². The first-order valence-electron chi connectivity index (χ1n) is 6.38. The first-order chi connectivity index (χ1) is 9.11. The molecule has 1 aliphatic rings. The minimum Gasteiger partial charge on any atom is -0.496 e. The molecular weight excluding hydrogens is 280 g/mol. The van der Waals surface area contributed by atoms with Crippen molar-refractivity contribution < 1.29 is 4.74 Å². The number of halogens is 1. The van der Waals surface area contributed by atoms with Gasteiger partial charge in [0.1, 0.15) is 5.75 Å². The Hall–Kier alpha value is -0.870. The van der Waals surface area contributed by atoms with Gasteiger partial charge in [0.25, 0.3) is 0 Å². The van der Waals surface area contributed by atoms with Gasteiger partial charge in [-0.05, 0) is 18.1 Å². The van der Waals surface area contributed by atoms with Crippen LogP contribution in [0.2, 0.25) is 5.02 Å². The third-order valence-corrected chi connectivity index (χ3v) is 4.98. The first kappa shape index (κ1) is 14.5. The van der Waals surface area contributed by atoms with E-state index in [1.807, 2.05) is 30.0 Å². The third-order valence-electron chi connectivity index (χ3n) is 3.13. The molecule has 0 spiro atoms. The largest absolute Gasteiger partial charge is 0.496 e. The number of methoxy groups -OCH3 is 1. The highest BCUT2D eigenvalue weighted by molar-refractivity contribution is 8.14. The minimum atomic E-state index is 0.579. The van der Waals surface area contributed by atoms with Crippen molar-refractivity contribution in [1.82, 2.24) is 5.32 Å². The molecule has 1 N–H and O–H groups in total. The van der Waals surface area contributed by atoms with E-state index in [-0.39, 0.29) is 0 Å². The Labute approximate surface area is 123 Å². The van der Waals surface area contributed by atoms with Gasteiger partial charge < -0.3 is 10.1 Å². The van der Waals surface area contributed by atoms with E-state index < -0.39 is 0 Å². The number of ether oxygens (including phenoxy) is 1.